The molecular weight excluding hydrogens is 604 g/mol. The van der Waals surface area contributed by atoms with Gasteiger partial charge in [-0.25, -0.2) is 0 Å². The Kier molecular flexibility index (Phi) is 8.94. The molecule has 0 nitrogen and oxygen atoms in total. The summed E-state index contributed by atoms with van der Waals surface area (Å²) in [5, 5.41) is 0. The maximum Gasteiger partial charge on any atom is 0.0215 e. The summed E-state index contributed by atoms with van der Waals surface area (Å²) in [7, 11) is 0. The predicted octanol–water partition coefficient (Wildman–Crippen LogP) is 12.7. The van der Waals surface area contributed by atoms with Crippen LogP contribution < -0.4 is 0 Å². The lowest BCUT2D eigenvalue weighted by atomic mass is 9.69. The lowest BCUT2D eigenvalue weighted by molar-refractivity contribution is 0.412. The average Bonchev–Trinajstić information content (AvgIpc) is 3.35. The van der Waals surface area contributed by atoms with Crippen molar-refractivity contribution in [3.63, 3.8) is 0 Å². The van der Waals surface area contributed by atoms with Gasteiger partial charge in [0.05, 0.1) is 0 Å². The number of fused-ring (bicyclic) bond motifs is 6. The van der Waals surface area contributed by atoms with E-state index in [0.29, 0.717) is 0 Å². The van der Waals surface area contributed by atoms with Gasteiger partial charge in [-0.2, -0.15) is 0 Å². The Morgan fingerprint density at radius 2 is 0.949 bits per heavy atom. The summed E-state index contributed by atoms with van der Waals surface area (Å²) in [4.78, 5) is 0. The molecule has 206 valence electrons. The first-order valence-electron chi connectivity index (χ1n) is 15.4. The van der Waals surface area contributed by atoms with Gasteiger partial charge < -0.3 is 0 Å². The molecule has 0 N–H and O–H groups in total. The van der Waals surface area contributed by atoms with Crippen LogP contribution in [-0.4, -0.2) is 0 Å². The first-order chi connectivity index (χ1) is 19.0. The zero-order valence-electron chi connectivity index (χ0n) is 24.1. The predicted molar refractivity (Wildman–Crippen MR) is 177 cm³/mol. The molecule has 39 heavy (non-hydrogen) atoms. The van der Waals surface area contributed by atoms with Crippen molar-refractivity contribution < 1.29 is 0 Å². The number of rotatable bonds is 13. The number of allylic oxidation sites excluding steroid dienone is 1. The molecule has 0 heterocycles. The van der Waals surface area contributed by atoms with Gasteiger partial charge in [-0.05, 0) is 119 Å². The van der Waals surface area contributed by atoms with E-state index < -0.39 is 0 Å². The van der Waals surface area contributed by atoms with Crippen molar-refractivity contribution in [1.29, 1.82) is 0 Å². The molecule has 0 fully saturated rings. The number of unbranched alkanes of at least 4 members (excludes halogenated alkanes) is 4. The minimum atomic E-state index is 0.0656. The largest absolute Gasteiger partial charge is 0.103 e. The van der Waals surface area contributed by atoms with Crippen molar-refractivity contribution in [2.45, 2.75) is 109 Å². The molecule has 1 unspecified atom stereocenters. The highest BCUT2D eigenvalue weighted by Crippen LogP contribution is 2.61. The highest BCUT2D eigenvalue weighted by molar-refractivity contribution is 9.10. The fraction of sp³-hybridized carbons (Fsp3) is 0.459. The number of benzene rings is 3. The van der Waals surface area contributed by atoms with E-state index >= 15 is 0 Å². The van der Waals surface area contributed by atoms with E-state index in [-0.39, 0.29) is 10.8 Å². The zero-order valence-corrected chi connectivity index (χ0v) is 27.3. The lowest BCUT2D eigenvalue weighted by Gasteiger charge is -2.34. The van der Waals surface area contributed by atoms with E-state index in [2.05, 4.69) is 114 Å². The Bertz CT molecular complexity index is 1340. The molecule has 0 saturated heterocycles. The van der Waals surface area contributed by atoms with Gasteiger partial charge in [-0.1, -0.05) is 109 Å². The molecule has 0 saturated carbocycles. The summed E-state index contributed by atoms with van der Waals surface area (Å²) in [6.45, 7) is 11.1. The molecule has 0 bridgehead atoms. The van der Waals surface area contributed by atoms with Crippen LogP contribution in [0.4, 0.5) is 0 Å². The summed E-state index contributed by atoms with van der Waals surface area (Å²) in [6.07, 6.45) is 16.7. The van der Waals surface area contributed by atoms with Crippen LogP contribution in [0.2, 0.25) is 0 Å². The van der Waals surface area contributed by atoms with Crippen molar-refractivity contribution in [1.82, 2.24) is 0 Å². The monoisotopic (exact) mass is 646 g/mol. The van der Waals surface area contributed by atoms with Gasteiger partial charge in [0.1, 0.15) is 0 Å². The summed E-state index contributed by atoms with van der Waals surface area (Å²) in [5.74, 6) is 0. The summed E-state index contributed by atoms with van der Waals surface area (Å²) in [5.41, 5.74) is 12.3. The SMILES string of the molecule is C=CCCCC1(CCCC)c2cc(Br)ccc2-c2cc3c(cc21)-c1ccc(Br)cc1C3(CCCC)CCCC. The molecule has 0 aliphatic heterocycles. The summed E-state index contributed by atoms with van der Waals surface area (Å²) < 4.78 is 2.40. The molecule has 5 rings (SSSR count). The normalized spacial score (nSPS) is 18.0. The van der Waals surface area contributed by atoms with Crippen LogP contribution in [0.1, 0.15) is 120 Å². The molecule has 0 amide bonds. The molecule has 0 spiro atoms. The Labute approximate surface area is 254 Å². The van der Waals surface area contributed by atoms with Crippen molar-refractivity contribution in [2.75, 3.05) is 0 Å². The van der Waals surface area contributed by atoms with Gasteiger partial charge in [-0.3, -0.25) is 0 Å². The quantitative estimate of drug-likeness (QED) is 0.128. The Morgan fingerprint density at radius 1 is 0.564 bits per heavy atom. The van der Waals surface area contributed by atoms with E-state index in [9.17, 15) is 0 Å². The first kappa shape index (κ1) is 28.9. The van der Waals surface area contributed by atoms with Crippen LogP contribution >= 0.6 is 31.9 Å². The fourth-order valence-corrected chi connectivity index (χ4v) is 8.46. The van der Waals surface area contributed by atoms with Crippen LogP contribution in [0.15, 0.2) is 70.1 Å². The lowest BCUT2D eigenvalue weighted by Crippen LogP contribution is -2.27. The minimum Gasteiger partial charge on any atom is -0.103 e. The molecule has 2 aliphatic carbocycles. The van der Waals surface area contributed by atoms with Crippen molar-refractivity contribution >= 4 is 31.9 Å². The van der Waals surface area contributed by atoms with E-state index in [1.165, 1.54) is 107 Å². The fourth-order valence-electron chi connectivity index (χ4n) is 7.73. The number of halogens is 2. The topological polar surface area (TPSA) is 0 Å². The summed E-state index contributed by atoms with van der Waals surface area (Å²) in [6, 6.07) is 19.5. The summed E-state index contributed by atoms with van der Waals surface area (Å²) >= 11 is 7.70. The van der Waals surface area contributed by atoms with Crippen molar-refractivity contribution in [2.24, 2.45) is 0 Å². The highest BCUT2D eigenvalue weighted by Gasteiger charge is 2.47. The van der Waals surface area contributed by atoms with Crippen molar-refractivity contribution in [3.05, 3.63) is 92.4 Å². The maximum atomic E-state index is 4.05. The Morgan fingerprint density at radius 3 is 1.33 bits per heavy atom. The van der Waals surface area contributed by atoms with Crippen LogP contribution in [0, 0.1) is 0 Å². The minimum absolute atomic E-state index is 0.0656. The van der Waals surface area contributed by atoms with Gasteiger partial charge in [0.2, 0.25) is 0 Å². The molecule has 3 aromatic rings. The molecule has 1 atom stereocenters. The molecule has 3 aromatic carbocycles. The van der Waals surface area contributed by atoms with Gasteiger partial charge in [0.15, 0.2) is 0 Å². The number of hydrogen-bond acceptors (Lipinski definition) is 0. The molecular formula is C37H44Br2. The maximum absolute atomic E-state index is 4.05. The smallest absolute Gasteiger partial charge is 0.0215 e. The number of hydrogen-bond donors (Lipinski definition) is 0. The second-order valence-corrected chi connectivity index (χ2v) is 13.8. The molecule has 2 aliphatic rings. The standard InChI is InChI=1S/C37H44Br2/c1-5-9-13-21-37(20-12-8-4)33-23-27(39)15-17-29(33)31-24-34-30(25-35(31)37)28-16-14-26(38)22-32(28)36(34,18-10-6-2)19-11-7-3/h5,14-17,22-25H,1,6-13,18-21H2,2-4H3. The van der Waals surface area contributed by atoms with E-state index in [1.54, 1.807) is 16.7 Å². The Balaban J connectivity index is 1.80. The van der Waals surface area contributed by atoms with Gasteiger partial charge in [-0.15, -0.1) is 6.58 Å². The highest BCUT2D eigenvalue weighted by atomic mass is 79.9. The van der Waals surface area contributed by atoms with Crippen LogP contribution in [0.3, 0.4) is 0 Å². The van der Waals surface area contributed by atoms with E-state index in [1.807, 2.05) is 0 Å². The van der Waals surface area contributed by atoms with E-state index in [0.717, 1.165) is 6.42 Å². The van der Waals surface area contributed by atoms with Crippen LogP contribution in [-0.2, 0) is 10.8 Å². The molecule has 2 heteroatoms. The van der Waals surface area contributed by atoms with Gasteiger partial charge in [0, 0.05) is 19.8 Å². The second kappa shape index (κ2) is 12.1. The van der Waals surface area contributed by atoms with Crippen LogP contribution in [0.25, 0.3) is 22.3 Å². The molecule has 0 aromatic heterocycles. The molecule has 0 radical (unpaired) electrons. The first-order valence-corrected chi connectivity index (χ1v) is 16.9. The third-order valence-corrected chi connectivity index (χ3v) is 10.6. The van der Waals surface area contributed by atoms with Crippen molar-refractivity contribution in [3.8, 4) is 22.3 Å². The van der Waals surface area contributed by atoms with Gasteiger partial charge in [0.25, 0.3) is 0 Å². The zero-order chi connectivity index (χ0) is 27.6. The average molecular weight is 649 g/mol. The third-order valence-electron chi connectivity index (χ3n) is 9.65. The van der Waals surface area contributed by atoms with Crippen LogP contribution in [0.5, 0.6) is 0 Å². The second-order valence-electron chi connectivity index (χ2n) is 12.0. The van der Waals surface area contributed by atoms with Gasteiger partial charge >= 0.3 is 0 Å². The van der Waals surface area contributed by atoms with E-state index in [4.69, 9.17) is 0 Å². The third kappa shape index (κ3) is 4.93. The Hall–Kier alpha value is -1.64.